The third-order valence-corrected chi connectivity index (χ3v) is 0.662. The number of rotatable bonds is 1. The standard InChI is InChI=1S/C4H6F3NO/c1-4(2,5)3(9)8(6)7/h1-2H3. The van der Waals surface area contributed by atoms with Crippen LogP contribution in [-0.4, -0.2) is 16.9 Å². The Labute approximate surface area is 50.1 Å². The largest absolute Gasteiger partial charge is 0.320 e. The van der Waals surface area contributed by atoms with Crippen LogP contribution in [0.2, 0.25) is 0 Å². The summed E-state index contributed by atoms with van der Waals surface area (Å²) in [6.07, 6.45) is 0. The van der Waals surface area contributed by atoms with Crippen molar-refractivity contribution in [2.24, 2.45) is 0 Å². The predicted octanol–water partition coefficient (Wildman–Crippen LogP) is 1.33. The smallest absolute Gasteiger partial charge is 0.266 e. The van der Waals surface area contributed by atoms with Gasteiger partial charge in [0.2, 0.25) is 0 Å². The molecule has 0 unspecified atom stereocenters. The first-order valence-electron chi connectivity index (χ1n) is 2.20. The second kappa shape index (κ2) is 2.24. The van der Waals surface area contributed by atoms with Gasteiger partial charge in [0.25, 0.3) is 0 Å². The maximum absolute atomic E-state index is 12.2. The summed E-state index contributed by atoms with van der Waals surface area (Å²) >= 11 is 0. The monoisotopic (exact) mass is 141 g/mol. The molecule has 5 heteroatoms. The number of amides is 1. The summed E-state index contributed by atoms with van der Waals surface area (Å²) in [5.74, 6) is -1.83. The highest BCUT2D eigenvalue weighted by molar-refractivity contribution is 5.82. The highest BCUT2D eigenvalue weighted by Gasteiger charge is 2.32. The zero-order chi connectivity index (χ0) is 7.65. The van der Waals surface area contributed by atoms with E-state index in [1.165, 1.54) is 0 Å². The molecule has 0 aliphatic carbocycles. The van der Waals surface area contributed by atoms with E-state index in [0.717, 1.165) is 13.8 Å². The van der Waals surface area contributed by atoms with Gasteiger partial charge in [-0.25, -0.2) is 4.39 Å². The van der Waals surface area contributed by atoms with Gasteiger partial charge in [-0.15, -0.1) is 0 Å². The van der Waals surface area contributed by atoms with Crippen LogP contribution in [0.5, 0.6) is 0 Å². The van der Waals surface area contributed by atoms with Gasteiger partial charge in [-0.1, -0.05) is 8.96 Å². The molecule has 0 aromatic rings. The fourth-order valence-electron chi connectivity index (χ4n) is 0.201. The van der Waals surface area contributed by atoms with Crippen molar-refractivity contribution >= 4 is 5.91 Å². The zero-order valence-corrected chi connectivity index (χ0v) is 4.99. The van der Waals surface area contributed by atoms with Crippen LogP contribution in [-0.2, 0) is 4.79 Å². The van der Waals surface area contributed by atoms with E-state index in [2.05, 4.69) is 0 Å². The Hall–Kier alpha value is -0.740. The van der Waals surface area contributed by atoms with Crippen molar-refractivity contribution in [1.82, 2.24) is 5.34 Å². The summed E-state index contributed by atoms with van der Waals surface area (Å²) in [7, 11) is 0. The van der Waals surface area contributed by atoms with E-state index in [1.54, 1.807) is 0 Å². The Morgan fingerprint density at radius 1 is 1.44 bits per heavy atom. The zero-order valence-electron chi connectivity index (χ0n) is 4.99. The molecule has 0 saturated heterocycles. The Morgan fingerprint density at radius 2 is 1.78 bits per heavy atom. The van der Waals surface area contributed by atoms with E-state index < -0.39 is 16.9 Å². The normalized spacial score (nSPS) is 11.2. The molecule has 0 fully saturated rings. The van der Waals surface area contributed by atoms with Crippen LogP contribution >= 0.6 is 0 Å². The highest BCUT2D eigenvalue weighted by Crippen LogP contribution is 2.12. The molecule has 0 N–H and O–H groups in total. The topological polar surface area (TPSA) is 20.3 Å². The van der Waals surface area contributed by atoms with E-state index in [9.17, 15) is 18.1 Å². The van der Waals surface area contributed by atoms with Crippen molar-refractivity contribution in [2.45, 2.75) is 19.5 Å². The molecule has 0 aromatic carbocycles. The van der Waals surface area contributed by atoms with Gasteiger partial charge in [-0.05, 0) is 13.8 Å². The van der Waals surface area contributed by atoms with Gasteiger partial charge in [-0.3, -0.25) is 4.79 Å². The van der Waals surface area contributed by atoms with Gasteiger partial charge in [-0.2, -0.15) is 0 Å². The molecule has 0 bridgehead atoms. The predicted molar refractivity (Wildman–Crippen MR) is 24.2 cm³/mol. The molecule has 0 atom stereocenters. The van der Waals surface area contributed by atoms with Crippen LogP contribution in [0.1, 0.15) is 13.8 Å². The molecule has 1 amide bonds. The van der Waals surface area contributed by atoms with Crippen molar-refractivity contribution in [1.29, 1.82) is 0 Å². The number of carbonyl (C=O) groups excluding carboxylic acids is 1. The first kappa shape index (κ1) is 8.26. The maximum Gasteiger partial charge on any atom is 0.320 e. The summed E-state index contributed by atoms with van der Waals surface area (Å²) in [5, 5.41) is -1.76. The van der Waals surface area contributed by atoms with Crippen LogP contribution in [0.3, 0.4) is 0 Å². The van der Waals surface area contributed by atoms with Crippen molar-refractivity contribution in [3.05, 3.63) is 0 Å². The van der Waals surface area contributed by atoms with Gasteiger partial charge >= 0.3 is 5.91 Å². The molecule has 2 nitrogen and oxygen atoms in total. The van der Waals surface area contributed by atoms with Crippen molar-refractivity contribution in [3.8, 4) is 0 Å². The minimum atomic E-state index is -2.48. The summed E-state index contributed by atoms with van der Waals surface area (Å²) in [5.41, 5.74) is -2.48. The number of nitrogens with zero attached hydrogens (tertiary/aromatic N) is 1. The third kappa shape index (κ3) is 2.34. The van der Waals surface area contributed by atoms with Gasteiger partial charge in [0.05, 0.1) is 0 Å². The Kier molecular flexibility index (Phi) is 2.06. The van der Waals surface area contributed by atoms with Gasteiger partial charge in [0.15, 0.2) is 5.67 Å². The van der Waals surface area contributed by atoms with E-state index in [0.29, 0.717) is 0 Å². The SMILES string of the molecule is CC(C)(F)C(=O)N(F)F. The molecule has 54 valence electrons. The van der Waals surface area contributed by atoms with Crippen LogP contribution in [0.15, 0.2) is 0 Å². The van der Waals surface area contributed by atoms with Crippen LogP contribution < -0.4 is 0 Å². The summed E-state index contributed by atoms with van der Waals surface area (Å²) in [4.78, 5) is 9.97. The molecule has 0 rings (SSSR count). The van der Waals surface area contributed by atoms with Crippen LogP contribution in [0.25, 0.3) is 0 Å². The molecule has 0 aliphatic rings. The second-order valence-electron chi connectivity index (χ2n) is 2.01. The van der Waals surface area contributed by atoms with Gasteiger partial charge < -0.3 is 0 Å². The van der Waals surface area contributed by atoms with E-state index in [1.807, 2.05) is 0 Å². The average Bonchev–Trinajstić information content (AvgIpc) is 1.62. The van der Waals surface area contributed by atoms with Crippen LogP contribution in [0, 0.1) is 0 Å². The maximum atomic E-state index is 12.2. The first-order valence-corrected chi connectivity index (χ1v) is 2.20. The van der Waals surface area contributed by atoms with Crippen molar-refractivity contribution in [2.75, 3.05) is 0 Å². The molecular weight excluding hydrogens is 135 g/mol. The van der Waals surface area contributed by atoms with Crippen molar-refractivity contribution < 1.29 is 18.1 Å². The van der Waals surface area contributed by atoms with Crippen molar-refractivity contribution in [3.63, 3.8) is 0 Å². The molecule has 0 aromatic heterocycles. The number of carbonyl (C=O) groups is 1. The highest BCUT2D eigenvalue weighted by atomic mass is 19.4. The number of hydrogen-bond donors (Lipinski definition) is 0. The van der Waals surface area contributed by atoms with E-state index in [-0.39, 0.29) is 0 Å². The molecule has 0 radical (unpaired) electrons. The first-order chi connectivity index (χ1) is 3.85. The third-order valence-electron chi connectivity index (χ3n) is 0.662. The molecular formula is C4H6F3NO. The van der Waals surface area contributed by atoms with Crippen LogP contribution in [0.4, 0.5) is 13.4 Å². The van der Waals surface area contributed by atoms with E-state index in [4.69, 9.17) is 0 Å². The number of halogens is 3. The lowest BCUT2D eigenvalue weighted by molar-refractivity contribution is -0.198. The summed E-state index contributed by atoms with van der Waals surface area (Å²) < 4.78 is 34.5. The fourth-order valence-corrected chi connectivity index (χ4v) is 0.201. The van der Waals surface area contributed by atoms with Gasteiger partial charge in [0, 0.05) is 5.34 Å². The molecule has 9 heavy (non-hydrogen) atoms. The Balaban J connectivity index is 4.06. The lowest BCUT2D eigenvalue weighted by Crippen LogP contribution is -2.33. The summed E-state index contributed by atoms with van der Waals surface area (Å²) in [6, 6.07) is 0. The fraction of sp³-hybridized carbons (Fsp3) is 0.750. The lowest BCUT2D eigenvalue weighted by Gasteiger charge is -2.10. The molecule has 0 saturated carbocycles. The minimum absolute atomic E-state index is 0.765. The molecule has 0 aliphatic heterocycles. The van der Waals surface area contributed by atoms with E-state index >= 15 is 0 Å². The number of alkyl halides is 1. The quantitative estimate of drug-likeness (QED) is 0.504. The van der Waals surface area contributed by atoms with Gasteiger partial charge in [0.1, 0.15) is 0 Å². The second-order valence-corrected chi connectivity index (χ2v) is 2.01. The molecule has 0 spiro atoms. The Morgan fingerprint density at radius 3 is 1.78 bits per heavy atom. The minimum Gasteiger partial charge on any atom is -0.266 e. The molecule has 0 heterocycles. The average molecular weight is 141 g/mol. The Bertz CT molecular complexity index is 117. The summed E-state index contributed by atoms with van der Waals surface area (Å²) in [6.45, 7) is 1.53. The lowest BCUT2D eigenvalue weighted by atomic mass is 10.2. The number of hydrogen-bond acceptors (Lipinski definition) is 1.